The van der Waals surface area contributed by atoms with Gasteiger partial charge in [0, 0.05) is 37.8 Å². The van der Waals surface area contributed by atoms with Crippen LogP contribution < -0.4 is 10.6 Å². The van der Waals surface area contributed by atoms with Gasteiger partial charge in [0.15, 0.2) is 0 Å². The molecule has 0 saturated carbocycles. The third-order valence-electron chi connectivity index (χ3n) is 3.30. The van der Waals surface area contributed by atoms with Gasteiger partial charge in [-0.05, 0) is 45.4 Å². The topological polar surface area (TPSA) is 75.3 Å². The van der Waals surface area contributed by atoms with Crippen LogP contribution in [0.15, 0.2) is 0 Å². The molecule has 0 fully saturated rings. The Kier molecular flexibility index (Phi) is 9.86. The number of amides is 2. The van der Waals surface area contributed by atoms with Gasteiger partial charge in [0.2, 0.25) is 0 Å². The van der Waals surface area contributed by atoms with Crippen molar-refractivity contribution in [3.8, 4) is 0 Å². The van der Waals surface area contributed by atoms with Crippen molar-refractivity contribution < 1.29 is 14.4 Å². The van der Waals surface area contributed by atoms with Crippen molar-refractivity contribution in [2.75, 3.05) is 6.54 Å². The first-order valence-electron chi connectivity index (χ1n) is 8.98. The fourth-order valence-corrected chi connectivity index (χ4v) is 2.32. The summed E-state index contributed by atoms with van der Waals surface area (Å²) in [5, 5.41) is 5.56. The Labute approximate surface area is 147 Å². The number of nitrogens with one attached hydrogen (secondary N) is 2. The minimum absolute atomic E-state index is 0.0409. The molecular formula is C19H36N2O3. The van der Waals surface area contributed by atoms with Crippen LogP contribution >= 0.6 is 0 Å². The molecule has 0 aromatic carbocycles. The fraction of sp³-hybridized carbons (Fsp3) is 0.842. The van der Waals surface area contributed by atoms with Crippen LogP contribution in [0.1, 0.15) is 86.5 Å². The Morgan fingerprint density at radius 1 is 0.750 bits per heavy atom. The zero-order valence-electron chi connectivity index (χ0n) is 16.4. The van der Waals surface area contributed by atoms with Gasteiger partial charge >= 0.3 is 6.03 Å². The van der Waals surface area contributed by atoms with Crippen molar-refractivity contribution in [1.29, 1.82) is 0 Å². The lowest BCUT2D eigenvalue weighted by atomic mass is 9.88. The molecule has 5 nitrogen and oxygen atoms in total. The molecule has 0 radical (unpaired) electrons. The van der Waals surface area contributed by atoms with Crippen molar-refractivity contribution in [2.24, 2.45) is 5.41 Å². The minimum atomic E-state index is -0.260. The number of unbranched alkanes of at least 4 members (excludes halogenated alkanes) is 1. The average Bonchev–Trinajstić information content (AvgIpc) is 2.35. The van der Waals surface area contributed by atoms with E-state index in [4.69, 9.17) is 0 Å². The Balaban J connectivity index is 3.64. The lowest BCUT2D eigenvalue weighted by molar-refractivity contribution is -0.122. The van der Waals surface area contributed by atoms with E-state index in [0.29, 0.717) is 38.6 Å². The van der Waals surface area contributed by atoms with Gasteiger partial charge in [-0.1, -0.05) is 20.8 Å². The summed E-state index contributed by atoms with van der Waals surface area (Å²) in [6.07, 6.45) is 4.38. The maximum atomic E-state index is 11.8. The van der Waals surface area contributed by atoms with E-state index in [1.54, 1.807) is 0 Å². The summed E-state index contributed by atoms with van der Waals surface area (Å²) in [4.78, 5) is 35.1. The molecule has 140 valence electrons. The molecule has 0 aliphatic carbocycles. The van der Waals surface area contributed by atoms with Crippen LogP contribution in [-0.2, 0) is 9.59 Å². The van der Waals surface area contributed by atoms with Crippen molar-refractivity contribution in [3.63, 3.8) is 0 Å². The predicted octanol–water partition coefficient (Wildman–Crippen LogP) is 4.00. The number of hydrogen-bond donors (Lipinski definition) is 2. The number of urea groups is 1. The largest absolute Gasteiger partial charge is 0.338 e. The van der Waals surface area contributed by atoms with Gasteiger partial charge in [0.05, 0.1) is 0 Å². The fourth-order valence-electron chi connectivity index (χ4n) is 2.32. The van der Waals surface area contributed by atoms with Crippen LogP contribution in [-0.4, -0.2) is 29.7 Å². The highest BCUT2D eigenvalue weighted by molar-refractivity contribution is 5.80. The van der Waals surface area contributed by atoms with Crippen molar-refractivity contribution in [2.45, 2.75) is 92.0 Å². The lowest BCUT2D eigenvalue weighted by Gasteiger charge is -2.20. The standard InChI is InChI=1S/C19H36N2O3/c1-18(2,3)14-16(23)11-8-7-10-15(22)12-9-13-20-17(24)21-19(4,5)6/h7-14H2,1-6H3,(H2,20,21,24). The first-order valence-corrected chi connectivity index (χ1v) is 8.98. The quantitative estimate of drug-likeness (QED) is 0.590. The smallest absolute Gasteiger partial charge is 0.315 e. The van der Waals surface area contributed by atoms with Crippen LogP contribution in [0.4, 0.5) is 4.79 Å². The first-order chi connectivity index (χ1) is 10.9. The maximum absolute atomic E-state index is 11.8. The van der Waals surface area contributed by atoms with Gasteiger partial charge in [-0.15, -0.1) is 0 Å². The summed E-state index contributed by atoms with van der Waals surface area (Å²) in [7, 11) is 0. The van der Waals surface area contributed by atoms with Gasteiger partial charge in [0.1, 0.15) is 11.6 Å². The second-order valence-corrected chi connectivity index (χ2v) is 8.76. The van der Waals surface area contributed by atoms with Gasteiger partial charge in [-0.3, -0.25) is 9.59 Å². The number of Topliss-reactive ketones (excluding diaryl/α,β-unsaturated/α-hetero) is 2. The van der Waals surface area contributed by atoms with Crippen molar-refractivity contribution >= 4 is 17.6 Å². The van der Waals surface area contributed by atoms with E-state index in [1.807, 2.05) is 20.8 Å². The van der Waals surface area contributed by atoms with Crippen LogP contribution in [0.25, 0.3) is 0 Å². The number of hydrogen-bond acceptors (Lipinski definition) is 3. The van der Waals surface area contributed by atoms with E-state index in [-0.39, 0.29) is 28.6 Å². The predicted molar refractivity (Wildman–Crippen MR) is 98.1 cm³/mol. The Morgan fingerprint density at radius 2 is 1.25 bits per heavy atom. The normalized spacial score (nSPS) is 11.9. The summed E-state index contributed by atoms with van der Waals surface area (Å²) >= 11 is 0. The molecule has 5 heteroatoms. The third kappa shape index (κ3) is 15.5. The molecule has 0 aliphatic heterocycles. The van der Waals surface area contributed by atoms with Crippen LogP contribution in [0.3, 0.4) is 0 Å². The maximum Gasteiger partial charge on any atom is 0.315 e. The number of rotatable bonds is 10. The molecule has 0 spiro atoms. The molecule has 0 saturated heterocycles. The SMILES string of the molecule is CC(C)(C)CC(=O)CCCCC(=O)CCCNC(=O)NC(C)(C)C. The number of ketones is 2. The number of carbonyl (C=O) groups excluding carboxylic acids is 3. The lowest BCUT2D eigenvalue weighted by Crippen LogP contribution is -2.46. The molecule has 0 aromatic rings. The minimum Gasteiger partial charge on any atom is -0.338 e. The molecule has 0 unspecified atom stereocenters. The molecule has 0 aliphatic rings. The molecule has 2 amide bonds. The molecule has 0 heterocycles. The van der Waals surface area contributed by atoms with E-state index in [0.717, 1.165) is 12.8 Å². The highest BCUT2D eigenvalue weighted by Crippen LogP contribution is 2.20. The van der Waals surface area contributed by atoms with E-state index in [1.165, 1.54) is 0 Å². The highest BCUT2D eigenvalue weighted by atomic mass is 16.2. The zero-order valence-corrected chi connectivity index (χ0v) is 16.4. The van der Waals surface area contributed by atoms with Crippen molar-refractivity contribution in [1.82, 2.24) is 10.6 Å². The Morgan fingerprint density at radius 3 is 1.75 bits per heavy atom. The second-order valence-electron chi connectivity index (χ2n) is 8.76. The monoisotopic (exact) mass is 340 g/mol. The summed E-state index contributed by atoms with van der Waals surface area (Å²) in [5.41, 5.74) is -0.219. The molecule has 0 atom stereocenters. The zero-order chi connectivity index (χ0) is 18.8. The van der Waals surface area contributed by atoms with E-state index < -0.39 is 0 Å². The molecule has 24 heavy (non-hydrogen) atoms. The number of carbonyl (C=O) groups is 3. The highest BCUT2D eigenvalue weighted by Gasteiger charge is 2.15. The first kappa shape index (κ1) is 22.6. The van der Waals surface area contributed by atoms with Crippen LogP contribution in [0, 0.1) is 5.41 Å². The van der Waals surface area contributed by atoms with Gasteiger partial charge in [-0.2, -0.15) is 0 Å². The third-order valence-corrected chi connectivity index (χ3v) is 3.30. The van der Waals surface area contributed by atoms with Crippen LogP contribution in [0.2, 0.25) is 0 Å². The summed E-state index contributed by atoms with van der Waals surface area (Å²) in [5.74, 6) is 0.486. The Hall–Kier alpha value is -1.39. The summed E-state index contributed by atoms with van der Waals surface area (Å²) in [6, 6.07) is -0.202. The molecule has 0 bridgehead atoms. The average molecular weight is 341 g/mol. The summed E-state index contributed by atoms with van der Waals surface area (Å²) < 4.78 is 0. The van der Waals surface area contributed by atoms with Gasteiger partial charge < -0.3 is 10.6 Å². The van der Waals surface area contributed by atoms with Crippen LogP contribution in [0.5, 0.6) is 0 Å². The molecule has 0 rings (SSSR count). The van der Waals surface area contributed by atoms with E-state index in [9.17, 15) is 14.4 Å². The second kappa shape index (κ2) is 10.5. The van der Waals surface area contributed by atoms with Gasteiger partial charge in [0.25, 0.3) is 0 Å². The van der Waals surface area contributed by atoms with E-state index in [2.05, 4.69) is 31.4 Å². The summed E-state index contributed by atoms with van der Waals surface area (Å²) in [6.45, 7) is 12.4. The van der Waals surface area contributed by atoms with Gasteiger partial charge in [-0.25, -0.2) is 4.79 Å². The van der Waals surface area contributed by atoms with E-state index >= 15 is 0 Å². The molecule has 0 aromatic heterocycles. The molecular weight excluding hydrogens is 304 g/mol. The van der Waals surface area contributed by atoms with Crippen molar-refractivity contribution in [3.05, 3.63) is 0 Å². The Bertz CT molecular complexity index is 379. The molecule has 2 N–H and O–H groups in total.